The highest BCUT2D eigenvalue weighted by Crippen LogP contribution is 2.39. The van der Waals surface area contributed by atoms with Gasteiger partial charge in [-0.1, -0.05) is 109 Å². The predicted molar refractivity (Wildman–Crippen MR) is 185 cm³/mol. The Morgan fingerprint density at radius 1 is 0.478 bits per heavy atom. The van der Waals surface area contributed by atoms with E-state index in [-0.39, 0.29) is 0 Å². The van der Waals surface area contributed by atoms with Gasteiger partial charge < -0.3 is 13.7 Å². The number of fused-ring (bicyclic) bond motifs is 3. The summed E-state index contributed by atoms with van der Waals surface area (Å²) >= 11 is 0. The van der Waals surface area contributed by atoms with Crippen LogP contribution in [-0.2, 0) is 9.31 Å². The third-order valence-electron chi connectivity index (χ3n) is 9.19. The van der Waals surface area contributed by atoms with E-state index in [0.29, 0.717) is 17.5 Å². The van der Waals surface area contributed by atoms with Gasteiger partial charge in [0.05, 0.1) is 11.2 Å². The van der Waals surface area contributed by atoms with Gasteiger partial charge in [0, 0.05) is 32.9 Å². The molecule has 0 unspecified atom stereocenters. The van der Waals surface area contributed by atoms with Gasteiger partial charge in [-0.3, -0.25) is 0 Å². The predicted octanol–water partition coefficient (Wildman–Crippen LogP) is 8.74. The lowest BCUT2D eigenvalue weighted by Gasteiger charge is -2.32. The number of hydrogen-bond donors (Lipinski definition) is 0. The fourth-order valence-electron chi connectivity index (χ4n) is 5.91. The van der Waals surface area contributed by atoms with E-state index in [1.54, 1.807) is 0 Å². The maximum Gasteiger partial charge on any atom is 0.498 e. The van der Waals surface area contributed by atoms with Gasteiger partial charge in [-0.15, -0.1) is 0 Å². The van der Waals surface area contributed by atoms with Crippen molar-refractivity contribution in [3.63, 3.8) is 0 Å². The molecule has 0 N–H and O–H groups in total. The Hall–Kier alpha value is -5.11. The van der Waals surface area contributed by atoms with E-state index >= 15 is 0 Å². The second-order valence-corrected chi connectivity index (χ2v) is 12.7. The van der Waals surface area contributed by atoms with Crippen molar-refractivity contribution in [1.82, 2.24) is 15.0 Å². The highest BCUT2D eigenvalue weighted by molar-refractivity contribution is 6.65. The number of para-hydroxylation sites is 1. The van der Waals surface area contributed by atoms with Crippen molar-refractivity contribution >= 4 is 34.5 Å². The summed E-state index contributed by atoms with van der Waals surface area (Å²) in [5.74, 6) is 1.89. The molecular formula is C39H32BN3O3. The van der Waals surface area contributed by atoms with Crippen LogP contribution in [0.15, 0.2) is 126 Å². The molecule has 6 nitrogen and oxygen atoms in total. The molecule has 2 aromatic heterocycles. The van der Waals surface area contributed by atoms with Gasteiger partial charge >= 0.3 is 7.12 Å². The molecule has 1 aliphatic heterocycles. The summed E-state index contributed by atoms with van der Waals surface area (Å²) in [5, 5.41) is 2.08. The van der Waals surface area contributed by atoms with E-state index < -0.39 is 18.3 Å². The third-order valence-corrected chi connectivity index (χ3v) is 9.19. The molecule has 7 aromatic rings. The van der Waals surface area contributed by atoms with Gasteiger partial charge in [0.15, 0.2) is 17.5 Å². The Morgan fingerprint density at radius 3 is 1.52 bits per heavy atom. The van der Waals surface area contributed by atoms with E-state index in [2.05, 4.69) is 70.2 Å². The molecule has 1 saturated heterocycles. The number of nitrogens with zero attached hydrogens (tertiary/aromatic N) is 3. The van der Waals surface area contributed by atoms with E-state index in [0.717, 1.165) is 55.2 Å². The van der Waals surface area contributed by atoms with Gasteiger partial charge in [-0.25, -0.2) is 15.0 Å². The molecule has 0 saturated carbocycles. The fourth-order valence-corrected chi connectivity index (χ4v) is 5.91. The van der Waals surface area contributed by atoms with Gasteiger partial charge in [0.1, 0.15) is 11.2 Å². The molecule has 3 heterocycles. The average molecular weight is 602 g/mol. The molecule has 0 atom stereocenters. The maximum absolute atomic E-state index is 6.51. The number of benzene rings is 5. The van der Waals surface area contributed by atoms with Gasteiger partial charge in [0.25, 0.3) is 0 Å². The minimum atomic E-state index is -0.565. The monoisotopic (exact) mass is 601 g/mol. The Balaban J connectivity index is 1.23. The first kappa shape index (κ1) is 28.4. The molecule has 0 bridgehead atoms. The lowest BCUT2D eigenvalue weighted by Crippen LogP contribution is -2.41. The molecule has 0 spiro atoms. The highest BCUT2D eigenvalue weighted by atomic mass is 16.7. The van der Waals surface area contributed by atoms with E-state index in [1.807, 2.05) is 78.9 Å². The SMILES string of the molecule is CC1(C)OB(c2cc(-c3ccc(-c4nc(-c5ccccc5)nc(-c5ccccc5)n4)cc3)cc3c2oc2ccccc23)OC1(C)C. The lowest BCUT2D eigenvalue weighted by molar-refractivity contribution is 0.00578. The Bertz CT molecular complexity index is 2140. The maximum atomic E-state index is 6.51. The van der Waals surface area contributed by atoms with E-state index in [9.17, 15) is 0 Å². The van der Waals surface area contributed by atoms with E-state index in [1.165, 1.54) is 0 Å². The average Bonchev–Trinajstić information content (AvgIpc) is 3.57. The Labute approximate surface area is 268 Å². The van der Waals surface area contributed by atoms with Crippen LogP contribution in [-0.4, -0.2) is 33.3 Å². The Morgan fingerprint density at radius 2 is 0.957 bits per heavy atom. The largest absolute Gasteiger partial charge is 0.498 e. The van der Waals surface area contributed by atoms with Gasteiger partial charge in [-0.05, 0) is 51.0 Å². The quantitative estimate of drug-likeness (QED) is 0.184. The fraction of sp³-hybridized carbons (Fsp3) is 0.154. The van der Waals surface area contributed by atoms with Crippen LogP contribution in [0, 0.1) is 0 Å². The molecule has 8 rings (SSSR count). The normalized spacial score (nSPS) is 15.5. The second kappa shape index (κ2) is 10.8. The smallest absolute Gasteiger partial charge is 0.456 e. The zero-order chi connectivity index (χ0) is 31.5. The number of furan rings is 1. The van der Waals surface area contributed by atoms with Crippen LogP contribution >= 0.6 is 0 Å². The summed E-state index contributed by atoms with van der Waals surface area (Å²) in [6.07, 6.45) is 0. The summed E-state index contributed by atoms with van der Waals surface area (Å²) in [6, 6.07) is 40.8. The van der Waals surface area contributed by atoms with Crippen LogP contribution in [0.1, 0.15) is 27.7 Å². The van der Waals surface area contributed by atoms with Crippen molar-refractivity contribution < 1.29 is 13.7 Å². The Kier molecular flexibility index (Phi) is 6.64. The number of rotatable bonds is 5. The summed E-state index contributed by atoms with van der Waals surface area (Å²) in [4.78, 5) is 14.6. The number of hydrogen-bond acceptors (Lipinski definition) is 6. The molecule has 224 valence electrons. The summed E-state index contributed by atoms with van der Waals surface area (Å²) in [6.45, 7) is 8.27. The van der Waals surface area contributed by atoms with Crippen molar-refractivity contribution in [1.29, 1.82) is 0 Å². The van der Waals surface area contributed by atoms with Crippen molar-refractivity contribution in [2.45, 2.75) is 38.9 Å². The van der Waals surface area contributed by atoms with Gasteiger partial charge in [-0.2, -0.15) is 0 Å². The molecular weight excluding hydrogens is 569 g/mol. The molecule has 46 heavy (non-hydrogen) atoms. The standard InChI is InChI=1S/C39H32BN3O3/c1-38(2)39(3,4)46-40(45-38)32-24-29(23-31-30-17-11-12-18-33(30)44-34(31)32)25-19-21-28(22-20-25)37-42-35(26-13-7-5-8-14-26)41-36(43-37)27-15-9-6-10-16-27/h5-24H,1-4H3. The van der Waals surface area contributed by atoms with E-state index in [4.69, 9.17) is 28.7 Å². The molecule has 5 aromatic carbocycles. The van der Waals surface area contributed by atoms with Crippen molar-refractivity contribution in [3.05, 3.63) is 121 Å². The number of aromatic nitrogens is 3. The lowest BCUT2D eigenvalue weighted by atomic mass is 9.76. The third kappa shape index (κ3) is 4.89. The molecule has 0 aliphatic carbocycles. The molecule has 1 fully saturated rings. The highest BCUT2D eigenvalue weighted by Gasteiger charge is 2.52. The summed E-state index contributed by atoms with van der Waals surface area (Å²) in [7, 11) is -0.565. The molecule has 7 heteroatoms. The van der Waals surface area contributed by atoms with Crippen molar-refractivity contribution in [2.75, 3.05) is 0 Å². The zero-order valence-electron chi connectivity index (χ0n) is 26.2. The topological polar surface area (TPSA) is 70.3 Å². The van der Waals surface area contributed by atoms with Crippen LogP contribution in [0.2, 0.25) is 0 Å². The van der Waals surface area contributed by atoms with Crippen LogP contribution in [0.5, 0.6) is 0 Å². The first-order chi connectivity index (χ1) is 22.3. The van der Waals surface area contributed by atoms with Crippen molar-refractivity contribution in [3.8, 4) is 45.3 Å². The second-order valence-electron chi connectivity index (χ2n) is 12.7. The van der Waals surface area contributed by atoms with Gasteiger partial charge in [0.2, 0.25) is 0 Å². The summed E-state index contributed by atoms with van der Waals surface area (Å²) in [5.41, 5.74) is 6.42. The summed E-state index contributed by atoms with van der Waals surface area (Å²) < 4.78 is 19.4. The molecule has 0 radical (unpaired) electrons. The van der Waals surface area contributed by atoms with Crippen LogP contribution in [0.25, 0.3) is 67.2 Å². The molecule has 1 aliphatic rings. The minimum Gasteiger partial charge on any atom is -0.456 e. The zero-order valence-corrected chi connectivity index (χ0v) is 26.2. The van der Waals surface area contributed by atoms with Crippen LogP contribution in [0.4, 0.5) is 0 Å². The van der Waals surface area contributed by atoms with Crippen molar-refractivity contribution in [2.24, 2.45) is 0 Å². The van der Waals surface area contributed by atoms with Crippen LogP contribution < -0.4 is 5.46 Å². The molecule has 0 amide bonds. The minimum absolute atomic E-state index is 0.477. The van der Waals surface area contributed by atoms with Crippen LogP contribution in [0.3, 0.4) is 0 Å². The first-order valence-electron chi connectivity index (χ1n) is 15.5. The first-order valence-corrected chi connectivity index (χ1v) is 15.5.